The number of benzene rings is 1. The molecule has 1 aromatic rings. The quantitative estimate of drug-likeness (QED) is 0.838. The standard InChI is InChI=1S/C12H17F3N2S/c1-3-17(2)11(8-16)9-4-6-10(7-5-9)18-12(13,14)15/h4-7,11H,3,8,16H2,1-2H3. The molecule has 0 saturated heterocycles. The molecule has 0 saturated carbocycles. The Balaban J connectivity index is 2.81. The maximum Gasteiger partial charge on any atom is 0.446 e. The maximum atomic E-state index is 12.2. The summed E-state index contributed by atoms with van der Waals surface area (Å²) in [5.74, 6) is 0. The number of alkyl halides is 3. The minimum atomic E-state index is -4.24. The normalized spacial score (nSPS) is 13.9. The monoisotopic (exact) mass is 278 g/mol. The van der Waals surface area contributed by atoms with Crippen LogP contribution in [0.3, 0.4) is 0 Å². The predicted octanol–water partition coefficient (Wildman–Crippen LogP) is 3.25. The third-order valence-electron chi connectivity index (χ3n) is 2.75. The summed E-state index contributed by atoms with van der Waals surface area (Å²) in [6.45, 7) is 3.29. The van der Waals surface area contributed by atoms with Crippen LogP contribution in [0.5, 0.6) is 0 Å². The number of hydrogen-bond donors (Lipinski definition) is 1. The molecule has 6 heteroatoms. The predicted molar refractivity (Wildman–Crippen MR) is 68.5 cm³/mol. The van der Waals surface area contributed by atoms with E-state index >= 15 is 0 Å². The SMILES string of the molecule is CCN(C)C(CN)c1ccc(SC(F)(F)F)cc1. The molecular weight excluding hydrogens is 261 g/mol. The van der Waals surface area contributed by atoms with Crippen LogP contribution in [0, 0.1) is 0 Å². The molecule has 0 spiro atoms. The van der Waals surface area contributed by atoms with Gasteiger partial charge in [-0.05, 0) is 43.1 Å². The van der Waals surface area contributed by atoms with Crippen LogP contribution in [-0.2, 0) is 0 Å². The zero-order valence-electron chi connectivity index (χ0n) is 10.4. The molecule has 0 aromatic heterocycles. The van der Waals surface area contributed by atoms with E-state index < -0.39 is 5.51 Å². The first-order valence-electron chi connectivity index (χ1n) is 5.63. The van der Waals surface area contributed by atoms with Gasteiger partial charge in [0, 0.05) is 17.5 Å². The van der Waals surface area contributed by atoms with Crippen molar-refractivity contribution < 1.29 is 13.2 Å². The Kier molecular flexibility index (Phi) is 5.49. The summed E-state index contributed by atoms with van der Waals surface area (Å²) < 4.78 is 36.6. The van der Waals surface area contributed by atoms with Crippen molar-refractivity contribution >= 4 is 11.8 Å². The van der Waals surface area contributed by atoms with Gasteiger partial charge in [-0.3, -0.25) is 4.90 Å². The molecule has 0 heterocycles. The molecular formula is C12H17F3N2S. The molecule has 2 nitrogen and oxygen atoms in total. The Morgan fingerprint density at radius 1 is 1.28 bits per heavy atom. The molecule has 1 atom stereocenters. The van der Waals surface area contributed by atoms with Gasteiger partial charge in [0.2, 0.25) is 0 Å². The first kappa shape index (κ1) is 15.3. The summed E-state index contributed by atoms with van der Waals surface area (Å²) in [6, 6.07) is 6.43. The molecule has 1 unspecified atom stereocenters. The molecule has 0 aliphatic heterocycles. The van der Waals surface area contributed by atoms with E-state index in [1.54, 1.807) is 12.1 Å². The van der Waals surface area contributed by atoms with Crippen molar-refractivity contribution in [2.75, 3.05) is 20.1 Å². The zero-order valence-corrected chi connectivity index (χ0v) is 11.2. The van der Waals surface area contributed by atoms with Gasteiger partial charge >= 0.3 is 5.51 Å². The first-order valence-corrected chi connectivity index (χ1v) is 6.45. The van der Waals surface area contributed by atoms with Gasteiger partial charge in [-0.1, -0.05) is 19.1 Å². The molecule has 0 amide bonds. The second-order valence-electron chi connectivity index (χ2n) is 3.94. The second-order valence-corrected chi connectivity index (χ2v) is 5.08. The van der Waals surface area contributed by atoms with Crippen LogP contribution in [0.4, 0.5) is 13.2 Å². The highest BCUT2D eigenvalue weighted by molar-refractivity contribution is 8.00. The van der Waals surface area contributed by atoms with Gasteiger partial charge in [0.25, 0.3) is 0 Å². The summed E-state index contributed by atoms with van der Waals surface area (Å²) in [7, 11) is 1.94. The summed E-state index contributed by atoms with van der Waals surface area (Å²) in [5.41, 5.74) is 2.39. The molecule has 0 aliphatic carbocycles. The number of nitrogens with two attached hydrogens (primary N) is 1. The van der Waals surface area contributed by atoms with Gasteiger partial charge in [-0.25, -0.2) is 0 Å². The van der Waals surface area contributed by atoms with Gasteiger partial charge in [0.1, 0.15) is 0 Å². The van der Waals surface area contributed by atoms with Crippen molar-refractivity contribution in [3.8, 4) is 0 Å². The van der Waals surface area contributed by atoms with Gasteiger partial charge in [-0.2, -0.15) is 13.2 Å². The molecule has 0 radical (unpaired) electrons. The third-order valence-corrected chi connectivity index (χ3v) is 3.49. The van der Waals surface area contributed by atoms with E-state index in [0.717, 1.165) is 12.1 Å². The number of nitrogens with zero attached hydrogens (tertiary/aromatic N) is 1. The fraction of sp³-hybridized carbons (Fsp3) is 0.500. The third kappa shape index (κ3) is 4.51. The minimum absolute atomic E-state index is 0.0416. The molecule has 0 fully saturated rings. The van der Waals surface area contributed by atoms with Crippen LogP contribution in [0.1, 0.15) is 18.5 Å². The van der Waals surface area contributed by atoms with Crippen LogP contribution in [-0.4, -0.2) is 30.5 Å². The fourth-order valence-electron chi connectivity index (χ4n) is 1.68. The summed E-state index contributed by atoms with van der Waals surface area (Å²) in [6.07, 6.45) is 0. The van der Waals surface area contributed by atoms with Gasteiger partial charge in [0.15, 0.2) is 0 Å². The molecule has 0 bridgehead atoms. The van der Waals surface area contributed by atoms with Gasteiger partial charge < -0.3 is 5.73 Å². The number of hydrogen-bond acceptors (Lipinski definition) is 3. The lowest BCUT2D eigenvalue weighted by atomic mass is 10.1. The average Bonchev–Trinajstić information content (AvgIpc) is 2.30. The summed E-state index contributed by atoms with van der Waals surface area (Å²) >= 11 is -0.102. The topological polar surface area (TPSA) is 29.3 Å². The van der Waals surface area contributed by atoms with Crippen LogP contribution < -0.4 is 5.73 Å². The molecule has 1 rings (SSSR count). The van der Waals surface area contributed by atoms with E-state index in [4.69, 9.17) is 5.73 Å². The molecule has 1 aromatic carbocycles. The smallest absolute Gasteiger partial charge is 0.329 e. The fourth-order valence-corrected chi connectivity index (χ4v) is 2.22. The van der Waals surface area contributed by atoms with E-state index in [-0.39, 0.29) is 22.7 Å². The maximum absolute atomic E-state index is 12.2. The molecule has 18 heavy (non-hydrogen) atoms. The molecule has 2 N–H and O–H groups in total. The van der Waals surface area contributed by atoms with Gasteiger partial charge in [0.05, 0.1) is 0 Å². The lowest BCUT2D eigenvalue weighted by Crippen LogP contribution is -2.30. The van der Waals surface area contributed by atoms with E-state index in [2.05, 4.69) is 4.90 Å². The lowest BCUT2D eigenvalue weighted by Gasteiger charge is -2.26. The van der Waals surface area contributed by atoms with E-state index in [1.807, 2.05) is 14.0 Å². The van der Waals surface area contributed by atoms with Crippen LogP contribution in [0.2, 0.25) is 0 Å². The van der Waals surface area contributed by atoms with Crippen molar-refractivity contribution in [2.24, 2.45) is 5.73 Å². The van der Waals surface area contributed by atoms with E-state index in [0.29, 0.717) is 6.54 Å². The van der Waals surface area contributed by atoms with Crippen molar-refractivity contribution in [3.63, 3.8) is 0 Å². The Morgan fingerprint density at radius 3 is 2.22 bits per heavy atom. The van der Waals surface area contributed by atoms with Crippen molar-refractivity contribution in [1.82, 2.24) is 4.90 Å². The van der Waals surface area contributed by atoms with Crippen molar-refractivity contribution in [1.29, 1.82) is 0 Å². The lowest BCUT2D eigenvalue weighted by molar-refractivity contribution is -0.0328. The molecule has 0 aliphatic rings. The van der Waals surface area contributed by atoms with Crippen LogP contribution >= 0.6 is 11.8 Å². The minimum Gasteiger partial charge on any atom is -0.329 e. The highest BCUT2D eigenvalue weighted by Crippen LogP contribution is 2.37. The van der Waals surface area contributed by atoms with E-state index in [9.17, 15) is 13.2 Å². The summed E-state index contributed by atoms with van der Waals surface area (Å²) in [5, 5.41) is 0. The van der Waals surface area contributed by atoms with E-state index in [1.165, 1.54) is 12.1 Å². The largest absolute Gasteiger partial charge is 0.446 e. The van der Waals surface area contributed by atoms with Crippen LogP contribution in [0.25, 0.3) is 0 Å². The Morgan fingerprint density at radius 2 is 1.83 bits per heavy atom. The Labute approximate surface area is 109 Å². The zero-order chi connectivity index (χ0) is 13.8. The Hall–Kier alpha value is -0.720. The average molecular weight is 278 g/mol. The summed E-state index contributed by atoms with van der Waals surface area (Å²) in [4.78, 5) is 2.26. The highest BCUT2D eigenvalue weighted by atomic mass is 32.2. The second kappa shape index (κ2) is 6.45. The van der Waals surface area contributed by atoms with Gasteiger partial charge in [-0.15, -0.1) is 0 Å². The number of thioether (sulfide) groups is 1. The molecule has 102 valence electrons. The van der Waals surface area contributed by atoms with Crippen molar-refractivity contribution in [2.45, 2.75) is 23.4 Å². The van der Waals surface area contributed by atoms with Crippen molar-refractivity contribution in [3.05, 3.63) is 29.8 Å². The Bertz CT molecular complexity index is 365. The number of halogens is 3. The number of likely N-dealkylation sites (N-methyl/N-ethyl adjacent to an activating group) is 1. The highest BCUT2D eigenvalue weighted by Gasteiger charge is 2.29. The van der Waals surface area contributed by atoms with Crippen LogP contribution in [0.15, 0.2) is 29.2 Å². The number of rotatable bonds is 5. The first-order chi connectivity index (χ1) is 8.37.